The summed E-state index contributed by atoms with van der Waals surface area (Å²) in [5.41, 5.74) is -3.51. The molecule has 20 nitrogen and oxygen atoms in total. The molecule has 678 valence electrons. The molecule has 0 N–H and O–H groups in total. The number of esters is 5. The molecule has 9 aliphatic rings. The monoisotopic (exact) mass is 1870 g/mol. The van der Waals surface area contributed by atoms with Crippen LogP contribution >= 0.6 is 0 Å². The van der Waals surface area contributed by atoms with Gasteiger partial charge in [-0.1, -0.05) is 171 Å². The largest absolute Gasteiger partial charge is 0.748 e. The van der Waals surface area contributed by atoms with Crippen LogP contribution in [0.5, 0.6) is 11.5 Å². The highest BCUT2D eigenvalue weighted by Gasteiger charge is 2.65. The summed E-state index contributed by atoms with van der Waals surface area (Å²) < 4.78 is 202. The average molecular weight is 1880 g/mol. The highest BCUT2D eigenvalue weighted by molar-refractivity contribution is 7.97. The van der Waals surface area contributed by atoms with E-state index in [2.05, 4.69) is 266 Å². The molecule has 6 atom stereocenters. The Morgan fingerprint density at radius 1 is 0.406 bits per heavy atom. The van der Waals surface area contributed by atoms with Crippen LogP contribution in [-0.4, -0.2) is 128 Å². The lowest BCUT2D eigenvalue weighted by molar-refractivity contribution is -0.236. The Hall–Kier alpha value is -10.3. The molecule has 0 aromatic heterocycles. The Bertz CT molecular complexity index is 5370. The molecule has 9 aromatic carbocycles. The molecule has 18 rings (SSSR count). The quantitative estimate of drug-likeness (QED) is 0.0143. The van der Waals surface area contributed by atoms with Crippen LogP contribution in [-0.2, 0) is 111 Å². The average Bonchev–Trinajstić information content (AvgIpc) is 0.716. The van der Waals surface area contributed by atoms with Gasteiger partial charge in [-0.15, -0.1) is 0 Å². The van der Waals surface area contributed by atoms with Crippen LogP contribution < -0.4 is 4.74 Å². The maximum absolute atomic E-state index is 13.2. The summed E-state index contributed by atoms with van der Waals surface area (Å²) in [7, 11) is -15.0. The summed E-state index contributed by atoms with van der Waals surface area (Å²) in [6.07, 6.45) is -9.72. The molecule has 0 spiro atoms. The first-order valence-corrected chi connectivity index (χ1v) is 49.2. The smallest absolute Gasteiger partial charge is 0.426 e. The van der Waals surface area contributed by atoms with Gasteiger partial charge in [0.1, 0.15) is 28.7 Å². The maximum atomic E-state index is 13.2. The van der Waals surface area contributed by atoms with E-state index in [4.69, 9.17) is 18.9 Å². The van der Waals surface area contributed by atoms with Crippen molar-refractivity contribution in [2.45, 2.75) is 178 Å². The highest BCUT2D eigenvalue weighted by Crippen LogP contribution is 2.65. The molecule has 8 saturated carbocycles. The number of carbonyl (C=O) groups is 5. The SMILES string of the molecule is C=C(C)C(=O)OC(CS(=O)(=O)[O-])C(F)(F)F.C=C(C)C(=O)OC12CC3CC(C1)CC(C(=O)OC(CS(=O)(=O)[O-])C(F)(F)F)(C3)C2.C=C(C)C(=O)OC12CC3CC(C1)CC(C(=O)OCCS(=O)(=O)[O-])(C3)C2.c1ccc([S+](c2ccccc2)c2ccccc2)cc1.c1ccc([S+](c2ccccc2)c2ccccc2)cc1.c1ccc([S+]2c3ccccc3Oc3ccccc32)cc1. The summed E-state index contributed by atoms with van der Waals surface area (Å²) in [4.78, 5) is 72.4. The second-order valence-electron chi connectivity index (χ2n) is 32.8. The Morgan fingerprint density at radius 3 is 0.977 bits per heavy atom. The van der Waals surface area contributed by atoms with Gasteiger partial charge in [0.25, 0.3) is 0 Å². The molecule has 0 amide bonds. The number of para-hydroxylation sites is 2. The van der Waals surface area contributed by atoms with E-state index in [-0.39, 0.29) is 86.8 Å². The molecule has 8 aliphatic carbocycles. The minimum absolute atomic E-state index is 0.0134. The third-order valence-electron chi connectivity index (χ3n) is 22.3. The van der Waals surface area contributed by atoms with E-state index in [0.29, 0.717) is 37.7 Å². The first kappa shape index (κ1) is 98.3. The number of carbonyl (C=O) groups excluding carboxylic acids is 5. The van der Waals surface area contributed by atoms with E-state index >= 15 is 0 Å². The van der Waals surface area contributed by atoms with Crippen molar-refractivity contribution in [1.29, 1.82) is 0 Å². The zero-order valence-corrected chi connectivity index (χ0v) is 75.0. The van der Waals surface area contributed by atoms with Gasteiger partial charge in [0.15, 0.2) is 45.8 Å². The standard InChI is InChI=1S/C18H23F3O7S.C18H13OS.2C18H15S.C17H24O7S.C7H9F3O5S/c1-10(2)14(22)28-17-6-11-3-12(7-17)5-16(4-11,9-17)15(23)27-13(18(19,20)21)8-29(24,25)26;1-2-8-14(9-3-1)20-17-12-6-4-10-15(17)19-16-11-5-7-13-18(16)20;2*1-4-10-16(11-5-1)19(17-12-6-2-7-13-17)18-14-8-3-9-15-18;1-11(2)14(18)24-17-8-12-5-13(9-17)7-16(6-12,10-17)15(19)23-3-4-25(20,21)22;1-4(2)6(11)15-5(7(8,9)10)3-16(12,13)14/h11-13H,1,3-9H2,2H3,(H,24,25,26);1-13H;2*1-15H;12-13H,1,3-10H2,2H3,(H,20,21,22);5H,1,3H2,2H3,(H,12,13,14)/q;3*+1;;/p-3. The van der Waals surface area contributed by atoms with Crippen molar-refractivity contribution in [2.24, 2.45) is 34.5 Å². The Kier molecular flexibility index (Phi) is 32.3. The van der Waals surface area contributed by atoms with Crippen molar-refractivity contribution in [3.63, 3.8) is 0 Å². The van der Waals surface area contributed by atoms with E-state index in [9.17, 15) is 89.2 Å². The summed E-state index contributed by atoms with van der Waals surface area (Å²) in [6, 6.07) is 91.6. The predicted octanol–water partition coefficient (Wildman–Crippen LogP) is 19.0. The van der Waals surface area contributed by atoms with E-state index in [1.807, 2.05) is 24.3 Å². The van der Waals surface area contributed by atoms with Gasteiger partial charge in [-0.25, -0.2) is 39.6 Å². The maximum Gasteiger partial charge on any atom is 0.426 e. The Labute approximate surface area is 750 Å². The fraction of sp³-hybridized carbons (Fsp3) is 0.323. The number of halogens is 6. The van der Waals surface area contributed by atoms with Crippen LogP contribution in [0.15, 0.2) is 341 Å². The first-order valence-electron chi connectivity index (χ1n) is 40.8. The zero-order valence-electron chi connectivity index (χ0n) is 70.1. The van der Waals surface area contributed by atoms with Gasteiger partial charge in [-0.2, -0.15) is 26.3 Å². The number of fused-ring (bicyclic) bond motifs is 2. The van der Waals surface area contributed by atoms with Crippen molar-refractivity contribution in [3.05, 3.63) is 297 Å². The lowest BCUT2D eigenvalue weighted by Gasteiger charge is -2.59. The number of ether oxygens (including phenoxy) is 6. The molecule has 8 bridgehead atoms. The lowest BCUT2D eigenvalue weighted by Crippen LogP contribution is -2.60. The van der Waals surface area contributed by atoms with Gasteiger partial charge >= 0.3 is 42.2 Å². The van der Waals surface area contributed by atoms with Crippen LogP contribution in [0, 0.1) is 34.5 Å². The van der Waals surface area contributed by atoms with E-state index in [1.54, 1.807) is 6.92 Å². The van der Waals surface area contributed by atoms with Gasteiger partial charge in [0.2, 0.25) is 22.0 Å². The van der Waals surface area contributed by atoms with Gasteiger partial charge in [-0.05, 0) is 218 Å². The molecule has 0 radical (unpaired) electrons. The van der Waals surface area contributed by atoms with Crippen molar-refractivity contribution in [2.75, 3.05) is 23.9 Å². The van der Waals surface area contributed by atoms with E-state index < -0.39 is 131 Å². The molecule has 128 heavy (non-hydrogen) atoms. The summed E-state index contributed by atoms with van der Waals surface area (Å²) >= 11 is 0. The first-order chi connectivity index (χ1) is 60.4. The molecular weight excluding hydrogens is 1780 g/mol. The highest BCUT2D eigenvalue weighted by atomic mass is 32.2. The number of benzene rings is 9. The topological polar surface area (TPSA) is 312 Å². The Balaban J connectivity index is 0.000000150. The van der Waals surface area contributed by atoms with Crippen LogP contribution in [0.2, 0.25) is 0 Å². The van der Waals surface area contributed by atoms with Crippen LogP contribution in [0.1, 0.15) is 97.8 Å². The summed E-state index contributed by atoms with van der Waals surface area (Å²) in [5, 5.41) is 0. The third kappa shape index (κ3) is 26.7. The van der Waals surface area contributed by atoms with Gasteiger partial charge < -0.3 is 42.1 Å². The molecule has 32 heteroatoms. The molecule has 9 aromatic rings. The molecule has 6 unspecified atom stereocenters. The van der Waals surface area contributed by atoms with Crippen LogP contribution in [0.4, 0.5) is 26.3 Å². The van der Waals surface area contributed by atoms with Crippen molar-refractivity contribution < 1.29 is 118 Å². The molecule has 0 saturated heterocycles. The minimum atomic E-state index is -5.27. The second kappa shape index (κ2) is 42.1. The number of rotatable bonds is 23. The van der Waals surface area contributed by atoms with Crippen molar-refractivity contribution >= 4 is 92.9 Å². The summed E-state index contributed by atoms with van der Waals surface area (Å²) in [6.45, 7) is 13.9. The molecule has 1 heterocycles. The second-order valence-corrected chi connectivity index (χ2v) is 43.2. The molecular formula is C96H96F6O20S6. The minimum Gasteiger partial charge on any atom is -0.748 e. The van der Waals surface area contributed by atoms with Gasteiger partial charge in [0, 0.05) is 29.6 Å². The fourth-order valence-corrected chi connectivity index (χ4v) is 25.9. The van der Waals surface area contributed by atoms with Gasteiger partial charge in [-0.3, -0.25) is 9.59 Å². The van der Waals surface area contributed by atoms with Crippen LogP contribution in [0.25, 0.3) is 0 Å². The summed E-state index contributed by atoms with van der Waals surface area (Å²) in [5.74, 6) is -6.11. The number of hydrogen-bond donors (Lipinski definition) is 0. The number of alkyl halides is 6. The fourth-order valence-electron chi connectivity index (χ4n) is 17.9. The molecule has 8 fully saturated rings. The van der Waals surface area contributed by atoms with Crippen molar-refractivity contribution in [1.82, 2.24) is 0 Å². The van der Waals surface area contributed by atoms with Crippen LogP contribution in [0.3, 0.4) is 0 Å². The van der Waals surface area contributed by atoms with E-state index in [0.717, 1.165) is 44.1 Å². The van der Waals surface area contributed by atoms with Gasteiger partial charge in [0.05, 0.1) is 80.2 Å². The number of hydrogen-bond acceptors (Lipinski definition) is 20. The normalized spacial score (nSPS) is 21.9. The molecule has 1 aliphatic heterocycles. The lowest BCUT2D eigenvalue weighted by atomic mass is 9.48. The van der Waals surface area contributed by atoms with Crippen molar-refractivity contribution in [3.8, 4) is 11.5 Å². The Morgan fingerprint density at radius 2 is 0.688 bits per heavy atom. The van der Waals surface area contributed by atoms with E-state index in [1.165, 1.54) is 51.0 Å². The third-order valence-corrected chi connectivity index (χ3v) is 31.1. The predicted molar refractivity (Wildman–Crippen MR) is 467 cm³/mol. The zero-order chi connectivity index (χ0) is 92.6.